The Morgan fingerprint density at radius 1 is 0.500 bits per heavy atom. The lowest BCUT2D eigenvalue weighted by atomic mass is 9.99. The summed E-state index contributed by atoms with van der Waals surface area (Å²) in [6, 6.07) is 0. The molecule has 0 spiro atoms. The van der Waals surface area contributed by atoms with Gasteiger partial charge in [-0.3, -0.25) is 4.79 Å². The number of aliphatic hydroxyl groups excluding tert-OH is 4. The number of unbranched alkanes of at least 4 members (excludes halogenated alkanes) is 33. The molecule has 0 saturated carbocycles. The Bertz CT molecular complexity index is 1040. The summed E-state index contributed by atoms with van der Waals surface area (Å²) in [6.45, 7) is 4.58. The Morgan fingerprint density at radius 2 is 0.906 bits per heavy atom. The zero-order chi connectivity index (χ0) is 46.4. The van der Waals surface area contributed by atoms with Gasteiger partial charge in [-0.1, -0.05) is 231 Å². The van der Waals surface area contributed by atoms with Gasteiger partial charge in [-0.05, 0) is 44.9 Å². The molecule has 9 heteroatoms. The van der Waals surface area contributed by atoms with Crippen molar-refractivity contribution in [2.45, 2.75) is 295 Å². The van der Waals surface area contributed by atoms with Gasteiger partial charge < -0.3 is 39.4 Å². The molecule has 0 aliphatic carbocycles. The molecule has 1 heterocycles. The second-order valence-electron chi connectivity index (χ2n) is 19.0. The van der Waals surface area contributed by atoms with E-state index in [4.69, 9.17) is 18.9 Å². The van der Waals surface area contributed by atoms with Crippen molar-refractivity contribution >= 4 is 5.97 Å². The summed E-state index contributed by atoms with van der Waals surface area (Å²) < 4.78 is 22.9. The van der Waals surface area contributed by atoms with Gasteiger partial charge in [0.25, 0.3) is 0 Å². The number of ether oxygens (including phenoxy) is 4. The van der Waals surface area contributed by atoms with Crippen molar-refractivity contribution in [2.75, 3.05) is 26.4 Å². The lowest BCUT2D eigenvalue weighted by Gasteiger charge is -2.39. The maximum Gasteiger partial charge on any atom is 0.306 e. The van der Waals surface area contributed by atoms with Crippen LogP contribution in [0.2, 0.25) is 0 Å². The van der Waals surface area contributed by atoms with Crippen molar-refractivity contribution in [2.24, 2.45) is 0 Å². The lowest BCUT2D eigenvalue weighted by molar-refractivity contribution is -0.305. The molecule has 0 aromatic rings. The van der Waals surface area contributed by atoms with Crippen LogP contribution in [0.1, 0.15) is 258 Å². The van der Waals surface area contributed by atoms with Crippen LogP contribution in [0.25, 0.3) is 0 Å². The van der Waals surface area contributed by atoms with Gasteiger partial charge >= 0.3 is 5.97 Å². The molecule has 4 N–H and O–H groups in total. The number of esters is 1. The Balaban J connectivity index is 2.17. The van der Waals surface area contributed by atoms with Gasteiger partial charge in [0, 0.05) is 13.0 Å². The molecule has 64 heavy (non-hydrogen) atoms. The first kappa shape index (κ1) is 60.7. The van der Waals surface area contributed by atoms with Gasteiger partial charge in [-0.25, -0.2) is 0 Å². The van der Waals surface area contributed by atoms with Crippen molar-refractivity contribution in [3.05, 3.63) is 24.3 Å². The highest BCUT2D eigenvalue weighted by molar-refractivity contribution is 5.69. The number of carbonyl (C=O) groups is 1. The molecule has 0 radical (unpaired) electrons. The summed E-state index contributed by atoms with van der Waals surface area (Å²) in [5.41, 5.74) is 0. The molecule has 6 atom stereocenters. The van der Waals surface area contributed by atoms with Crippen LogP contribution in [0.15, 0.2) is 24.3 Å². The first-order valence-corrected chi connectivity index (χ1v) is 27.4. The minimum absolute atomic E-state index is 0.111. The molecule has 378 valence electrons. The molecule has 0 bridgehead atoms. The fraction of sp³-hybridized carbons (Fsp3) is 0.909. The van der Waals surface area contributed by atoms with Gasteiger partial charge in [-0.15, -0.1) is 0 Å². The molecule has 0 aromatic heterocycles. The lowest BCUT2D eigenvalue weighted by Crippen LogP contribution is -2.59. The van der Waals surface area contributed by atoms with Crippen LogP contribution in [0.5, 0.6) is 0 Å². The second-order valence-corrected chi connectivity index (χ2v) is 19.0. The van der Waals surface area contributed by atoms with E-state index in [9.17, 15) is 25.2 Å². The van der Waals surface area contributed by atoms with Crippen molar-refractivity contribution in [3.8, 4) is 0 Å². The Hall–Kier alpha value is -1.33. The third-order valence-corrected chi connectivity index (χ3v) is 12.9. The van der Waals surface area contributed by atoms with E-state index < -0.39 is 43.4 Å². The molecular weight excluding hydrogens is 805 g/mol. The van der Waals surface area contributed by atoms with Crippen LogP contribution in [0.3, 0.4) is 0 Å². The van der Waals surface area contributed by atoms with Crippen LogP contribution in [0, 0.1) is 0 Å². The Labute approximate surface area is 394 Å². The van der Waals surface area contributed by atoms with E-state index in [-0.39, 0.29) is 19.2 Å². The zero-order valence-electron chi connectivity index (χ0n) is 41.8. The summed E-state index contributed by atoms with van der Waals surface area (Å²) >= 11 is 0. The largest absolute Gasteiger partial charge is 0.457 e. The van der Waals surface area contributed by atoms with Crippen LogP contribution >= 0.6 is 0 Å². The standard InChI is InChI=1S/C55H104O9/c1-3-5-7-9-11-13-15-17-19-21-23-24-25-26-28-30-32-34-36-38-40-42-44-51(57)63-49(48-62-55-54(60)53(59)52(58)50(46-56)64-55)47-61-45-43-41-39-37-35-33-31-29-27-22-20-18-16-14-12-10-8-6-4-2/h14,16,20,22,49-50,52-56,58-60H,3-13,15,17-19,21,23-48H2,1-2H3/b16-14-,22-20-. The number of carbonyl (C=O) groups excluding carboxylic acids is 1. The summed E-state index contributed by atoms with van der Waals surface area (Å²) in [7, 11) is 0. The van der Waals surface area contributed by atoms with E-state index in [1.807, 2.05) is 0 Å². The minimum Gasteiger partial charge on any atom is -0.457 e. The molecule has 9 nitrogen and oxygen atoms in total. The summed E-state index contributed by atoms with van der Waals surface area (Å²) in [6.07, 6.45) is 49.3. The van der Waals surface area contributed by atoms with E-state index >= 15 is 0 Å². The number of hydrogen-bond acceptors (Lipinski definition) is 9. The Morgan fingerprint density at radius 3 is 1.36 bits per heavy atom. The van der Waals surface area contributed by atoms with Crippen molar-refractivity contribution in [3.63, 3.8) is 0 Å². The number of aliphatic hydroxyl groups is 4. The summed E-state index contributed by atoms with van der Waals surface area (Å²) in [5.74, 6) is -0.309. The first-order valence-electron chi connectivity index (χ1n) is 27.4. The summed E-state index contributed by atoms with van der Waals surface area (Å²) in [4.78, 5) is 12.9. The van der Waals surface area contributed by atoms with E-state index in [0.717, 1.165) is 38.5 Å². The van der Waals surface area contributed by atoms with Crippen molar-refractivity contribution in [1.29, 1.82) is 0 Å². The normalized spacial score (nSPS) is 19.6. The average Bonchev–Trinajstić information content (AvgIpc) is 3.30. The van der Waals surface area contributed by atoms with Crippen LogP contribution in [-0.2, 0) is 23.7 Å². The zero-order valence-corrected chi connectivity index (χ0v) is 41.8. The van der Waals surface area contributed by atoms with E-state index in [1.165, 1.54) is 199 Å². The van der Waals surface area contributed by atoms with Gasteiger partial charge in [0.1, 0.15) is 30.5 Å². The molecule has 1 fully saturated rings. The third kappa shape index (κ3) is 36.7. The molecule has 6 unspecified atom stereocenters. The van der Waals surface area contributed by atoms with Crippen LogP contribution < -0.4 is 0 Å². The molecular formula is C55H104O9. The second kappa shape index (κ2) is 46.8. The average molecular weight is 909 g/mol. The van der Waals surface area contributed by atoms with Gasteiger partial charge in [-0.2, -0.15) is 0 Å². The van der Waals surface area contributed by atoms with Crippen molar-refractivity contribution in [1.82, 2.24) is 0 Å². The number of allylic oxidation sites excluding steroid dienone is 4. The Kier molecular flexibility index (Phi) is 44.3. The monoisotopic (exact) mass is 909 g/mol. The summed E-state index contributed by atoms with van der Waals surface area (Å²) in [5, 5.41) is 40.3. The number of rotatable bonds is 48. The smallest absolute Gasteiger partial charge is 0.306 e. The van der Waals surface area contributed by atoms with Crippen LogP contribution in [-0.4, -0.2) is 89.6 Å². The predicted molar refractivity (Wildman–Crippen MR) is 265 cm³/mol. The first-order chi connectivity index (χ1) is 31.4. The number of hydrogen-bond donors (Lipinski definition) is 4. The topological polar surface area (TPSA) is 135 Å². The molecule has 1 saturated heterocycles. The molecule has 0 amide bonds. The highest BCUT2D eigenvalue weighted by Crippen LogP contribution is 2.23. The van der Waals surface area contributed by atoms with Crippen molar-refractivity contribution < 1.29 is 44.2 Å². The fourth-order valence-electron chi connectivity index (χ4n) is 8.58. The molecule has 1 aliphatic rings. The van der Waals surface area contributed by atoms with Gasteiger partial charge in [0.15, 0.2) is 6.29 Å². The molecule has 0 aromatic carbocycles. The van der Waals surface area contributed by atoms with E-state index in [0.29, 0.717) is 13.0 Å². The van der Waals surface area contributed by atoms with Crippen LogP contribution in [0.4, 0.5) is 0 Å². The van der Waals surface area contributed by atoms with Gasteiger partial charge in [0.2, 0.25) is 0 Å². The van der Waals surface area contributed by atoms with E-state index in [1.54, 1.807) is 0 Å². The predicted octanol–water partition coefficient (Wildman–Crippen LogP) is 13.7. The highest BCUT2D eigenvalue weighted by Gasteiger charge is 2.44. The molecule has 1 aliphatic heterocycles. The highest BCUT2D eigenvalue weighted by atomic mass is 16.7. The minimum atomic E-state index is -1.54. The fourth-order valence-corrected chi connectivity index (χ4v) is 8.58. The maximum atomic E-state index is 12.9. The molecule has 1 rings (SSSR count). The van der Waals surface area contributed by atoms with E-state index in [2.05, 4.69) is 38.2 Å². The maximum absolute atomic E-state index is 12.9. The quantitative estimate of drug-likeness (QED) is 0.0267. The third-order valence-electron chi connectivity index (χ3n) is 12.9. The SMILES string of the molecule is CCCCCC/C=C\C/C=C\CCCCCCCCCCOCC(COC1OC(CO)C(O)C(O)C1O)OC(=O)CCCCCCCCCCCCCCCCCCCCCCCC. The van der Waals surface area contributed by atoms with Gasteiger partial charge in [0.05, 0.1) is 19.8 Å².